The van der Waals surface area contributed by atoms with Gasteiger partial charge in [-0.3, -0.25) is 14.5 Å². The summed E-state index contributed by atoms with van der Waals surface area (Å²) in [4.78, 5) is 35.3. The van der Waals surface area contributed by atoms with Crippen LogP contribution in [-0.2, 0) is 26.6 Å². The van der Waals surface area contributed by atoms with Gasteiger partial charge in [0.25, 0.3) is 5.91 Å². The molecule has 0 spiro atoms. The van der Waals surface area contributed by atoms with Crippen LogP contribution in [0, 0.1) is 34.6 Å². The van der Waals surface area contributed by atoms with E-state index in [9.17, 15) is 9.90 Å². The van der Waals surface area contributed by atoms with E-state index in [1.165, 1.54) is 0 Å². The zero-order valence-corrected chi connectivity index (χ0v) is 39.0. The molecule has 1 N–H and O–H groups in total. The number of anilines is 1. The van der Waals surface area contributed by atoms with Crippen molar-refractivity contribution in [3.63, 3.8) is 0 Å². The zero-order chi connectivity index (χ0) is 45.8. The highest BCUT2D eigenvalue weighted by atomic mass is 35.5. The number of benzene rings is 4. The molecule has 1 aliphatic rings. The van der Waals surface area contributed by atoms with Gasteiger partial charge in [0.1, 0.15) is 29.5 Å². The van der Waals surface area contributed by atoms with Crippen molar-refractivity contribution < 1.29 is 24.2 Å². The number of amides is 1. The minimum Gasteiger partial charge on any atom is -0.494 e. The van der Waals surface area contributed by atoms with Crippen LogP contribution < -0.4 is 14.4 Å². The van der Waals surface area contributed by atoms with Crippen molar-refractivity contribution in [2.24, 2.45) is 7.05 Å². The van der Waals surface area contributed by atoms with Crippen LogP contribution in [0.4, 0.5) is 5.69 Å². The van der Waals surface area contributed by atoms with Crippen molar-refractivity contribution in [1.82, 2.24) is 23.9 Å². The van der Waals surface area contributed by atoms with Gasteiger partial charge in [0, 0.05) is 58.4 Å². The molecule has 8 aromatic rings. The van der Waals surface area contributed by atoms with Gasteiger partial charge in [0.05, 0.1) is 46.3 Å². The van der Waals surface area contributed by atoms with Crippen molar-refractivity contribution in [3.05, 3.63) is 157 Å². The molecule has 0 fully saturated rings. The first kappa shape index (κ1) is 43.7. The number of carboxylic acid groups (broad SMARTS) is 1. The summed E-state index contributed by atoms with van der Waals surface area (Å²) in [6.45, 7) is 13.2. The molecular weight excluding hydrogens is 860 g/mol. The molecule has 4 aromatic carbocycles. The summed E-state index contributed by atoms with van der Waals surface area (Å²) in [6, 6.07) is 26.6. The largest absolute Gasteiger partial charge is 0.494 e. The van der Waals surface area contributed by atoms with Gasteiger partial charge < -0.3 is 28.6 Å². The van der Waals surface area contributed by atoms with Gasteiger partial charge in [0.15, 0.2) is 0 Å². The van der Waals surface area contributed by atoms with Crippen molar-refractivity contribution in [2.75, 3.05) is 18.1 Å². The Kier molecular flexibility index (Phi) is 11.7. The lowest BCUT2D eigenvalue weighted by atomic mass is 9.98. The van der Waals surface area contributed by atoms with Crippen molar-refractivity contribution >= 4 is 62.6 Å². The highest BCUT2D eigenvalue weighted by molar-refractivity contribution is 6.35. The van der Waals surface area contributed by atoms with Gasteiger partial charge in [-0.05, 0) is 131 Å². The summed E-state index contributed by atoms with van der Waals surface area (Å²) in [6.07, 6.45) is 2.87. The number of pyridine rings is 1. The molecule has 0 unspecified atom stereocenters. The standard InChI is InChI=1S/C52H50Cl2N6O5/c1-29-19-20-55-36(22-29)27-58-43(52(62)63)25-40-44(65-28-35-12-9-8-10-13-35)18-17-42(48(40)58)59-26-32(4)60-49-39(15-16-41(53)46(49)45-33(5)56-57(7)34(45)6)38(50(60)51(59)61)14-11-21-64-37-23-30(2)47(54)31(3)24-37/h8-10,12-13,15-20,22-25,32H,11,14,21,26-28H2,1-7H3,(H,62,63)/t32-/m1/s1. The second kappa shape index (κ2) is 17.4. The lowest BCUT2D eigenvalue weighted by Gasteiger charge is -2.35. The summed E-state index contributed by atoms with van der Waals surface area (Å²) < 4.78 is 18.5. The molecule has 9 rings (SSSR count). The van der Waals surface area contributed by atoms with Crippen molar-refractivity contribution in [2.45, 2.75) is 73.6 Å². The maximum absolute atomic E-state index is 15.7. The van der Waals surface area contributed by atoms with Crippen LogP contribution in [0.2, 0.25) is 10.0 Å². The first-order chi connectivity index (χ1) is 31.2. The van der Waals surface area contributed by atoms with E-state index in [-0.39, 0.29) is 30.8 Å². The maximum atomic E-state index is 15.7. The number of aryl methyl sites for hydroxylation is 6. The van der Waals surface area contributed by atoms with E-state index in [1.54, 1.807) is 21.7 Å². The third-order valence-corrected chi connectivity index (χ3v) is 13.5. The van der Waals surface area contributed by atoms with Crippen LogP contribution in [-0.4, -0.2) is 54.0 Å². The molecule has 0 saturated heterocycles. The molecule has 0 aliphatic carbocycles. The molecule has 11 nitrogen and oxygen atoms in total. The average Bonchev–Trinajstić information content (AvgIpc) is 3.91. The molecule has 1 atom stereocenters. The molecule has 332 valence electrons. The van der Waals surface area contributed by atoms with Crippen LogP contribution in [0.15, 0.2) is 91.1 Å². The molecule has 4 aromatic heterocycles. The number of aromatic nitrogens is 5. The van der Waals surface area contributed by atoms with Gasteiger partial charge in [0.2, 0.25) is 0 Å². The molecular formula is C52H50Cl2N6O5. The van der Waals surface area contributed by atoms with E-state index in [0.717, 1.165) is 72.0 Å². The highest BCUT2D eigenvalue weighted by Gasteiger charge is 2.38. The van der Waals surface area contributed by atoms with Crippen LogP contribution >= 0.6 is 23.2 Å². The number of fused-ring (bicyclic) bond motifs is 4. The van der Waals surface area contributed by atoms with Gasteiger partial charge in [-0.25, -0.2) is 4.79 Å². The van der Waals surface area contributed by atoms with Crippen LogP contribution in [0.3, 0.4) is 0 Å². The third kappa shape index (κ3) is 7.91. The number of carbonyl (C=O) groups is 2. The lowest BCUT2D eigenvalue weighted by Crippen LogP contribution is -2.43. The number of carbonyl (C=O) groups excluding carboxylic acids is 1. The Morgan fingerprint density at radius 2 is 1.63 bits per heavy atom. The molecule has 65 heavy (non-hydrogen) atoms. The van der Waals surface area contributed by atoms with Crippen LogP contribution in [0.25, 0.3) is 32.9 Å². The van der Waals surface area contributed by atoms with E-state index in [1.807, 2.05) is 125 Å². The molecule has 5 heterocycles. The van der Waals surface area contributed by atoms with Gasteiger partial charge in [-0.2, -0.15) is 5.10 Å². The monoisotopic (exact) mass is 908 g/mol. The number of hydrogen-bond donors (Lipinski definition) is 1. The Labute approximate surface area is 387 Å². The van der Waals surface area contributed by atoms with E-state index in [2.05, 4.69) is 16.5 Å². The predicted octanol–water partition coefficient (Wildman–Crippen LogP) is 11.8. The number of carboxylic acids is 1. The Balaban J connectivity index is 1.21. The van der Waals surface area contributed by atoms with Gasteiger partial charge in [-0.1, -0.05) is 59.6 Å². The number of rotatable bonds is 13. The van der Waals surface area contributed by atoms with E-state index < -0.39 is 5.97 Å². The second-order valence-electron chi connectivity index (χ2n) is 17.1. The van der Waals surface area contributed by atoms with Crippen molar-refractivity contribution in [1.29, 1.82) is 0 Å². The SMILES string of the molecule is Cc1ccnc(Cn2c(C(=O)O)cc3c(OCc4ccccc4)ccc(N4C[C@@H](C)n5c(c(CCCOc6cc(C)c(Cl)c(C)c6)c6ccc(Cl)c(-c7c(C)nn(C)c7C)c65)C4=O)c32)c1. The van der Waals surface area contributed by atoms with Gasteiger partial charge >= 0.3 is 5.97 Å². The number of nitrogens with zero attached hydrogens (tertiary/aromatic N) is 6. The summed E-state index contributed by atoms with van der Waals surface area (Å²) in [5, 5.41) is 18.3. The molecule has 0 bridgehead atoms. The minimum atomic E-state index is -1.11. The molecule has 0 saturated carbocycles. The first-order valence-electron chi connectivity index (χ1n) is 21.8. The summed E-state index contributed by atoms with van der Waals surface area (Å²) >= 11 is 13.7. The number of aromatic carboxylic acids is 1. The summed E-state index contributed by atoms with van der Waals surface area (Å²) in [7, 11) is 1.92. The zero-order valence-electron chi connectivity index (χ0n) is 37.5. The fraction of sp³-hybridized carbons (Fsp3) is 0.269. The van der Waals surface area contributed by atoms with Crippen LogP contribution in [0.5, 0.6) is 11.5 Å². The fourth-order valence-corrected chi connectivity index (χ4v) is 9.90. The quantitative estimate of drug-likeness (QED) is 0.115. The summed E-state index contributed by atoms with van der Waals surface area (Å²) in [5.74, 6) is -0.0686. The molecule has 13 heteroatoms. The highest BCUT2D eigenvalue weighted by Crippen LogP contribution is 2.46. The van der Waals surface area contributed by atoms with E-state index >= 15 is 4.79 Å². The fourth-order valence-electron chi connectivity index (χ4n) is 9.54. The Bertz CT molecular complexity index is 3160. The molecule has 1 amide bonds. The third-order valence-electron chi connectivity index (χ3n) is 12.6. The van der Waals surface area contributed by atoms with Crippen LogP contribution in [0.1, 0.15) is 85.3 Å². The van der Waals surface area contributed by atoms with Gasteiger partial charge in [-0.15, -0.1) is 0 Å². The van der Waals surface area contributed by atoms with E-state index in [0.29, 0.717) is 64.7 Å². The Morgan fingerprint density at radius 1 is 0.877 bits per heavy atom. The molecule has 0 radical (unpaired) electrons. The normalized spacial score (nSPS) is 13.8. The van der Waals surface area contributed by atoms with E-state index in [4.69, 9.17) is 37.8 Å². The lowest BCUT2D eigenvalue weighted by molar-refractivity contribution is 0.0686. The number of halogens is 2. The second-order valence-corrected chi connectivity index (χ2v) is 17.9. The topological polar surface area (TPSA) is 117 Å². The minimum absolute atomic E-state index is 0.0557. The first-order valence-corrected chi connectivity index (χ1v) is 22.5. The predicted molar refractivity (Wildman–Crippen MR) is 258 cm³/mol. The molecule has 1 aliphatic heterocycles. The Morgan fingerprint density at radius 3 is 2.32 bits per heavy atom. The Hall–Kier alpha value is -6.56. The number of hydrogen-bond acceptors (Lipinski definition) is 6. The maximum Gasteiger partial charge on any atom is 0.352 e. The summed E-state index contributed by atoms with van der Waals surface area (Å²) in [5.41, 5.74) is 11.6. The van der Waals surface area contributed by atoms with Crippen molar-refractivity contribution in [3.8, 4) is 22.6 Å². The smallest absolute Gasteiger partial charge is 0.352 e. The average molecular weight is 910 g/mol. The number of ether oxygens (including phenoxy) is 2.